The van der Waals surface area contributed by atoms with Gasteiger partial charge < -0.3 is 24.4 Å². The minimum absolute atomic E-state index is 0.0598. The number of carbonyl (C=O) groups excluding carboxylic acids is 2. The maximum Gasteiger partial charge on any atom is 0.252 e. The highest BCUT2D eigenvalue weighted by atomic mass is 16.5. The van der Waals surface area contributed by atoms with Crippen molar-refractivity contribution in [1.29, 1.82) is 0 Å². The molecule has 0 aromatic heterocycles. The minimum atomic E-state index is -0.264. The van der Waals surface area contributed by atoms with Crippen LogP contribution in [0.25, 0.3) is 0 Å². The Morgan fingerprint density at radius 2 is 2.33 bits per heavy atom. The molecule has 0 radical (unpaired) electrons. The van der Waals surface area contributed by atoms with Gasteiger partial charge in [0, 0.05) is 31.1 Å². The summed E-state index contributed by atoms with van der Waals surface area (Å²) in [6.07, 6.45) is 1.25. The number of aliphatic hydroxyl groups excluding tert-OH is 1. The van der Waals surface area contributed by atoms with Crippen LogP contribution >= 0.6 is 0 Å². The lowest BCUT2D eigenvalue weighted by atomic mass is 10.2. The molecule has 0 saturated carbocycles. The van der Waals surface area contributed by atoms with E-state index in [0.29, 0.717) is 32.0 Å². The molecule has 7 heteroatoms. The molecule has 7 nitrogen and oxygen atoms in total. The van der Waals surface area contributed by atoms with Crippen molar-refractivity contribution < 1.29 is 24.2 Å². The molecule has 0 spiro atoms. The normalized spacial score (nSPS) is 16.6. The van der Waals surface area contributed by atoms with Crippen LogP contribution in [-0.2, 0) is 19.1 Å². The molecule has 0 bridgehead atoms. The van der Waals surface area contributed by atoms with Gasteiger partial charge in [0.1, 0.15) is 6.61 Å². The second kappa shape index (κ2) is 9.36. The lowest BCUT2D eigenvalue weighted by Gasteiger charge is -2.23. The van der Waals surface area contributed by atoms with Gasteiger partial charge in [-0.25, -0.2) is 0 Å². The van der Waals surface area contributed by atoms with Crippen molar-refractivity contribution in [3.63, 3.8) is 0 Å². The summed E-state index contributed by atoms with van der Waals surface area (Å²) in [6, 6.07) is 7.29. The standard InChI is InChI=1S/C17H24N2O5/c1-14(11-20)24-9-7-18(13-21)15-4-2-5-16(10-15)19-6-3-8-23-12-17(19)22/h2,4-5,10,13-14,20H,3,6-9,11-12H2,1H3. The van der Waals surface area contributed by atoms with Crippen LogP contribution in [0.1, 0.15) is 13.3 Å². The van der Waals surface area contributed by atoms with Crippen molar-refractivity contribution in [2.45, 2.75) is 19.4 Å². The number of hydrogen-bond acceptors (Lipinski definition) is 5. The summed E-state index contributed by atoms with van der Waals surface area (Å²) in [5.41, 5.74) is 1.44. The van der Waals surface area contributed by atoms with Crippen LogP contribution in [0.2, 0.25) is 0 Å². The fourth-order valence-electron chi connectivity index (χ4n) is 2.45. The third-order valence-corrected chi connectivity index (χ3v) is 3.79. The first kappa shape index (κ1) is 18.4. The lowest BCUT2D eigenvalue weighted by molar-refractivity contribution is -0.122. The molecule has 2 rings (SSSR count). The molecule has 1 unspecified atom stereocenters. The van der Waals surface area contributed by atoms with E-state index in [0.717, 1.165) is 18.5 Å². The van der Waals surface area contributed by atoms with E-state index in [4.69, 9.17) is 14.6 Å². The van der Waals surface area contributed by atoms with E-state index in [1.54, 1.807) is 11.8 Å². The number of anilines is 2. The molecule has 1 fully saturated rings. The Bertz CT molecular complexity index is 552. The van der Waals surface area contributed by atoms with E-state index in [2.05, 4.69) is 0 Å². The molecule has 2 amide bonds. The van der Waals surface area contributed by atoms with E-state index in [1.807, 2.05) is 24.3 Å². The zero-order valence-electron chi connectivity index (χ0n) is 13.9. The molecular weight excluding hydrogens is 312 g/mol. The smallest absolute Gasteiger partial charge is 0.252 e. The molecule has 1 aromatic rings. The summed E-state index contributed by atoms with van der Waals surface area (Å²) in [7, 11) is 0. The summed E-state index contributed by atoms with van der Waals surface area (Å²) in [5, 5.41) is 8.95. The van der Waals surface area contributed by atoms with E-state index < -0.39 is 0 Å². The first-order valence-corrected chi connectivity index (χ1v) is 8.08. The molecule has 0 aliphatic carbocycles. The van der Waals surface area contributed by atoms with Gasteiger partial charge in [-0.2, -0.15) is 0 Å². The number of nitrogens with zero attached hydrogens (tertiary/aromatic N) is 2. The zero-order chi connectivity index (χ0) is 17.4. The summed E-state index contributed by atoms with van der Waals surface area (Å²) in [4.78, 5) is 26.7. The minimum Gasteiger partial charge on any atom is -0.394 e. The van der Waals surface area contributed by atoms with Crippen molar-refractivity contribution >= 4 is 23.7 Å². The molecule has 1 atom stereocenters. The third-order valence-electron chi connectivity index (χ3n) is 3.79. The van der Waals surface area contributed by atoms with Crippen molar-refractivity contribution in [3.8, 4) is 0 Å². The summed E-state index contributed by atoms with van der Waals surface area (Å²) in [6.45, 7) is 3.64. The quantitative estimate of drug-likeness (QED) is 0.711. The van der Waals surface area contributed by atoms with Gasteiger partial charge >= 0.3 is 0 Å². The average Bonchev–Trinajstić information content (AvgIpc) is 2.83. The van der Waals surface area contributed by atoms with Gasteiger partial charge in [-0.15, -0.1) is 0 Å². The third kappa shape index (κ3) is 5.02. The molecular formula is C17H24N2O5. The molecule has 1 saturated heterocycles. The first-order valence-electron chi connectivity index (χ1n) is 8.08. The number of carbonyl (C=O) groups is 2. The summed E-state index contributed by atoms with van der Waals surface area (Å²) >= 11 is 0. The summed E-state index contributed by atoms with van der Waals surface area (Å²) in [5.74, 6) is -0.0811. The maximum absolute atomic E-state index is 12.1. The topological polar surface area (TPSA) is 79.3 Å². The van der Waals surface area contributed by atoms with Crippen LogP contribution in [0.5, 0.6) is 0 Å². The predicted octanol–water partition coefficient (Wildman–Crippen LogP) is 0.800. The van der Waals surface area contributed by atoms with E-state index in [1.165, 1.54) is 4.90 Å². The molecule has 24 heavy (non-hydrogen) atoms. The Hall–Kier alpha value is -1.96. The number of aliphatic hydroxyl groups is 1. The zero-order valence-corrected chi connectivity index (χ0v) is 13.9. The Labute approximate surface area is 141 Å². The largest absolute Gasteiger partial charge is 0.394 e. The number of hydrogen-bond donors (Lipinski definition) is 1. The number of benzene rings is 1. The van der Waals surface area contributed by atoms with E-state index in [-0.39, 0.29) is 25.2 Å². The van der Waals surface area contributed by atoms with Crippen molar-refractivity contribution in [3.05, 3.63) is 24.3 Å². The average molecular weight is 336 g/mol. The Morgan fingerprint density at radius 1 is 1.50 bits per heavy atom. The van der Waals surface area contributed by atoms with E-state index >= 15 is 0 Å². The van der Waals surface area contributed by atoms with Crippen LogP contribution in [0.3, 0.4) is 0 Å². The number of amides is 2. The molecule has 1 aliphatic rings. The first-order chi connectivity index (χ1) is 11.7. The second-order valence-electron chi connectivity index (χ2n) is 5.63. The van der Waals surface area contributed by atoms with Crippen LogP contribution in [-0.4, -0.2) is 63.0 Å². The second-order valence-corrected chi connectivity index (χ2v) is 5.63. The van der Waals surface area contributed by atoms with Gasteiger partial charge in [-0.1, -0.05) is 6.07 Å². The Kier molecular flexibility index (Phi) is 7.17. The van der Waals surface area contributed by atoms with Crippen LogP contribution in [0, 0.1) is 0 Å². The monoisotopic (exact) mass is 336 g/mol. The Morgan fingerprint density at radius 3 is 3.08 bits per heavy atom. The fourth-order valence-corrected chi connectivity index (χ4v) is 2.45. The van der Waals surface area contributed by atoms with Gasteiger partial charge in [0.25, 0.3) is 5.91 Å². The highest BCUT2D eigenvalue weighted by molar-refractivity contribution is 5.95. The van der Waals surface area contributed by atoms with Crippen molar-refractivity contribution in [1.82, 2.24) is 0 Å². The van der Waals surface area contributed by atoms with Crippen LogP contribution < -0.4 is 9.80 Å². The lowest BCUT2D eigenvalue weighted by Crippen LogP contribution is -2.33. The molecule has 132 valence electrons. The predicted molar refractivity (Wildman–Crippen MR) is 90.1 cm³/mol. The highest BCUT2D eigenvalue weighted by Gasteiger charge is 2.19. The molecule has 1 N–H and O–H groups in total. The van der Waals surface area contributed by atoms with Gasteiger partial charge in [-0.05, 0) is 31.5 Å². The Balaban J connectivity index is 2.06. The van der Waals surface area contributed by atoms with Gasteiger partial charge in [0.05, 0.1) is 19.3 Å². The highest BCUT2D eigenvalue weighted by Crippen LogP contribution is 2.23. The molecule has 1 aromatic carbocycles. The summed E-state index contributed by atoms with van der Waals surface area (Å²) < 4.78 is 10.6. The van der Waals surface area contributed by atoms with Crippen LogP contribution in [0.4, 0.5) is 11.4 Å². The molecule has 1 aliphatic heterocycles. The SMILES string of the molecule is CC(CO)OCCN(C=O)c1cccc(N2CCCOCC2=O)c1. The molecule has 1 heterocycles. The van der Waals surface area contributed by atoms with Gasteiger partial charge in [0.2, 0.25) is 6.41 Å². The van der Waals surface area contributed by atoms with Crippen molar-refractivity contribution in [2.75, 3.05) is 49.3 Å². The fraction of sp³-hybridized carbons (Fsp3) is 0.529. The maximum atomic E-state index is 12.1. The van der Waals surface area contributed by atoms with E-state index in [9.17, 15) is 9.59 Å². The number of ether oxygens (including phenoxy) is 2. The van der Waals surface area contributed by atoms with Gasteiger partial charge in [0.15, 0.2) is 0 Å². The van der Waals surface area contributed by atoms with Crippen molar-refractivity contribution in [2.24, 2.45) is 0 Å². The number of rotatable bonds is 8. The van der Waals surface area contributed by atoms with Crippen LogP contribution in [0.15, 0.2) is 24.3 Å². The van der Waals surface area contributed by atoms with Gasteiger partial charge in [-0.3, -0.25) is 9.59 Å².